The van der Waals surface area contributed by atoms with Gasteiger partial charge >= 0.3 is 0 Å². The van der Waals surface area contributed by atoms with Crippen LogP contribution in [0.15, 0.2) is 53.0 Å². The number of para-hydroxylation sites is 1. The largest absolute Gasteiger partial charge is 0.492 e. The molecular weight excluding hydrogens is 330 g/mol. The van der Waals surface area contributed by atoms with E-state index in [-0.39, 0.29) is 6.10 Å². The van der Waals surface area contributed by atoms with E-state index in [4.69, 9.17) is 4.74 Å². The third kappa shape index (κ3) is 3.39. The van der Waals surface area contributed by atoms with E-state index in [1.807, 2.05) is 42.5 Å². The minimum absolute atomic E-state index is 0.343. The van der Waals surface area contributed by atoms with Gasteiger partial charge in [0.1, 0.15) is 12.4 Å². The third-order valence-corrected chi connectivity index (χ3v) is 4.28. The molecule has 1 heterocycles. The standard InChI is InChI=1S/C17H18BrNO2/c18-13-5-7-14(8-6-13)21-12-11-19-10-9-17(20)15-3-1-2-4-16(15)19/h1-8,17,20H,9-12H2. The highest BCUT2D eigenvalue weighted by Crippen LogP contribution is 2.33. The average Bonchev–Trinajstić information content (AvgIpc) is 2.52. The van der Waals surface area contributed by atoms with Crippen molar-refractivity contribution >= 4 is 21.6 Å². The summed E-state index contributed by atoms with van der Waals surface area (Å²) in [6.45, 7) is 2.31. The molecule has 4 heteroatoms. The van der Waals surface area contributed by atoms with Crippen LogP contribution >= 0.6 is 15.9 Å². The molecule has 0 radical (unpaired) electrons. The van der Waals surface area contributed by atoms with E-state index in [2.05, 4.69) is 26.9 Å². The number of aliphatic hydroxyl groups excluding tert-OH is 1. The third-order valence-electron chi connectivity index (χ3n) is 3.75. The van der Waals surface area contributed by atoms with E-state index in [0.29, 0.717) is 6.61 Å². The fraction of sp³-hybridized carbons (Fsp3) is 0.294. The van der Waals surface area contributed by atoms with E-state index in [1.165, 1.54) is 0 Å². The molecule has 21 heavy (non-hydrogen) atoms. The molecular formula is C17H18BrNO2. The van der Waals surface area contributed by atoms with Gasteiger partial charge in [-0.1, -0.05) is 34.1 Å². The molecule has 1 aliphatic rings. The van der Waals surface area contributed by atoms with Gasteiger partial charge in [0.25, 0.3) is 0 Å². The van der Waals surface area contributed by atoms with Gasteiger partial charge in [-0.25, -0.2) is 0 Å². The highest BCUT2D eigenvalue weighted by Gasteiger charge is 2.22. The number of rotatable bonds is 4. The summed E-state index contributed by atoms with van der Waals surface area (Å²) in [4.78, 5) is 2.28. The van der Waals surface area contributed by atoms with Gasteiger partial charge < -0.3 is 14.7 Å². The summed E-state index contributed by atoms with van der Waals surface area (Å²) >= 11 is 3.41. The molecule has 1 atom stereocenters. The highest BCUT2D eigenvalue weighted by molar-refractivity contribution is 9.10. The van der Waals surface area contributed by atoms with E-state index in [0.717, 1.165) is 41.0 Å². The molecule has 2 aromatic carbocycles. The van der Waals surface area contributed by atoms with E-state index >= 15 is 0 Å². The Morgan fingerprint density at radius 3 is 2.71 bits per heavy atom. The number of benzene rings is 2. The SMILES string of the molecule is OC1CCN(CCOc2ccc(Br)cc2)c2ccccc21. The number of aliphatic hydroxyl groups is 1. The van der Waals surface area contributed by atoms with Gasteiger partial charge in [-0.05, 0) is 36.8 Å². The van der Waals surface area contributed by atoms with Crippen molar-refractivity contribution in [2.45, 2.75) is 12.5 Å². The molecule has 0 saturated heterocycles. The molecule has 0 spiro atoms. The summed E-state index contributed by atoms with van der Waals surface area (Å²) in [5.74, 6) is 0.878. The monoisotopic (exact) mass is 347 g/mol. The minimum atomic E-state index is -0.343. The van der Waals surface area contributed by atoms with Crippen LogP contribution in [0.5, 0.6) is 5.75 Å². The first-order chi connectivity index (χ1) is 10.2. The number of hydrogen-bond acceptors (Lipinski definition) is 3. The number of hydrogen-bond donors (Lipinski definition) is 1. The second-order valence-electron chi connectivity index (χ2n) is 5.15. The molecule has 2 aromatic rings. The van der Waals surface area contributed by atoms with E-state index in [1.54, 1.807) is 0 Å². The molecule has 0 bridgehead atoms. The number of fused-ring (bicyclic) bond motifs is 1. The van der Waals surface area contributed by atoms with Crippen molar-refractivity contribution in [1.82, 2.24) is 0 Å². The predicted octanol–water partition coefficient (Wildman–Crippen LogP) is 3.77. The summed E-state index contributed by atoms with van der Waals surface area (Å²) in [5, 5.41) is 10.0. The Kier molecular flexibility index (Phi) is 4.46. The molecule has 1 unspecified atom stereocenters. The van der Waals surface area contributed by atoms with Crippen molar-refractivity contribution in [3.63, 3.8) is 0 Å². The van der Waals surface area contributed by atoms with Crippen molar-refractivity contribution < 1.29 is 9.84 Å². The van der Waals surface area contributed by atoms with Crippen LogP contribution in [0.25, 0.3) is 0 Å². The van der Waals surface area contributed by atoms with Crippen LogP contribution in [0.1, 0.15) is 18.1 Å². The van der Waals surface area contributed by atoms with Gasteiger partial charge in [-0.2, -0.15) is 0 Å². The molecule has 1 N–H and O–H groups in total. The summed E-state index contributed by atoms with van der Waals surface area (Å²) in [5.41, 5.74) is 2.14. The van der Waals surface area contributed by atoms with Gasteiger partial charge in [0.15, 0.2) is 0 Å². The molecule has 0 aliphatic carbocycles. The quantitative estimate of drug-likeness (QED) is 0.913. The Morgan fingerprint density at radius 1 is 1.14 bits per heavy atom. The van der Waals surface area contributed by atoms with Crippen LogP contribution in [-0.4, -0.2) is 24.8 Å². The lowest BCUT2D eigenvalue weighted by Gasteiger charge is -2.33. The van der Waals surface area contributed by atoms with E-state index < -0.39 is 0 Å². The first-order valence-electron chi connectivity index (χ1n) is 7.14. The molecule has 110 valence electrons. The number of nitrogens with zero attached hydrogens (tertiary/aromatic N) is 1. The maximum atomic E-state index is 10.0. The zero-order valence-electron chi connectivity index (χ0n) is 11.7. The molecule has 0 aromatic heterocycles. The first-order valence-corrected chi connectivity index (χ1v) is 7.93. The summed E-state index contributed by atoms with van der Waals surface area (Å²) < 4.78 is 6.83. The van der Waals surface area contributed by atoms with Crippen LogP contribution < -0.4 is 9.64 Å². The number of anilines is 1. The summed E-state index contributed by atoms with van der Waals surface area (Å²) in [7, 11) is 0. The molecule has 0 saturated carbocycles. The van der Waals surface area contributed by atoms with Crippen molar-refractivity contribution in [3.05, 3.63) is 58.6 Å². The van der Waals surface area contributed by atoms with Crippen LogP contribution in [0.2, 0.25) is 0 Å². The van der Waals surface area contributed by atoms with Crippen LogP contribution in [0, 0.1) is 0 Å². The Balaban J connectivity index is 1.61. The number of halogens is 1. The fourth-order valence-corrected chi connectivity index (χ4v) is 2.91. The molecule has 0 amide bonds. The zero-order chi connectivity index (χ0) is 14.7. The van der Waals surface area contributed by atoms with Gasteiger partial charge in [-0.15, -0.1) is 0 Å². The van der Waals surface area contributed by atoms with Crippen LogP contribution in [0.3, 0.4) is 0 Å². The highest BCUT2D eigenvalue weighted by atomic mass is 79.9. The molecule has 3 nitrogen and oxygen atoms in total. The maximum absolute atomic E-state index is 10.0. The van der Waals surface area contributed by atoms with Crippen molar-refractivity contribution in [1.29, 1.82) is 0 Å². The predicted molar refractivity (Wildman–Crippen MR) is 87.9 cm³/mol. The van der Waals surface area contributed by atoms with Crippen molar-refractivity contribution in [2.75, 3.05) is 24.6 Å². The normalized spacial score (nSPS) is 17.4. The Bertz CT molecular complexity index is 600. The van der Waals surface area contributed by atoms with E-state index in [9.17, 15) is 5.11 Å². The number of ether oxygens (including phenoxy) is 1. The Labute approximate surface area is 133 Å². The topological polar surface area (TPSA) is 32.7 Å². The van der Waals surface area contributed by atoms with Gasteiger partial charge in [0.05, 0.1) is 12.6 Å². The lowest BCUT2D eigenvalue weighted by Crippen LogP contribution is -2.34. The Morgan fingerprint density at radius 2 is 1.90 bits per heavy atom. The average molecular weight is 348 g/mol. The summed E-state index contributed by atoms with van der Waals surface area (Å²) in [6, 6.07) is 15.9. The van der Waals surface area contributed by atoms with Crippen LogP contribution in [0.4, 0.5) is 5.69 Å². The lowest BCUT2D eigenvalue weighted by molar-refractivity contribution is 0.163. The second-order valence-corrected chi connectivity index (χ2v) is 6.07. The van der Waals surface area contributed by atoms with Crippen LogP contribution in [-0.2, 0) is 0 Å². The second kappa shape index (κ2) is 6.50. The van der Waals surface area contributed by atoms with Crippen molar-refractivity contribution in [2.24, 2.45) is 0 Å². The minimum Gasteiger partial charge on any atom is -0.492 e. The fourth-order valence-electron chi connectivity index (χ4n) is 2.65. The molecule has 0 fully saturated rings. The van der Waals surface area contributed by atoms with Gasteiger partial charge in [0, 0.05) is 22.3 Å². The van der Waals surface area contributed by atoms with Gasteiger partial charge in [-0.3, -0.25) is 0 Å². The first kappa shape index (κ1) is 14.4. The molecule has 1 aliphatic heterocycles. The smallest absolute Gasteiger partial charge is 0.119 e. The lowest BCUT2D eigenvalue weighted by atomic mass is 9.99. The zero-order valence-corrected chi connectivity index (χ0v) is 13.3. The summed E-state index contributed by atoms with van der Waals surface area (Å²) in [6.07, 6.45) is 0.430. The Hall–Kier alpha value is -1.52. The molecule has 3 rings (SSSR count). The van der Waals surface area contributed by atoms with Crippen molar-refractivity contribution in [3.8, 4) is 5.75 Å². The maximum Gasteiger partial charge on any atom is 0.119 e. The van der Waals surface area contributed by atoms with Gasteiger partial charge in [0.2, 0.25) is 0 Å².